The van der Waals surface area contributed by atoms with Crippen LogP contribution in [0.3, 0.4) is 0 Å². The van der Waals surface area contributed by atoms with Gasteiger partial charge in [-0.25, -0.2) is 14.5 Å². The lowest BCUT2D eigenvalue weighted by Crippen LogP contribution is -2.28. The van der Waals surface area contributed by atoms with E-state index in [1.165, 1.54) is 0 Å². The lowest BCUT2D eigenvalue weighted by atomic mass is 10.1. The van der Waals surface area contributed by atoms with Crippen molar-refractivity contribution in [1.29, 1.82) is 0 Å². The molecule has 0 aliphatic carbocycles. The van der Waals surface area contributed by atoms with Crippen LogP contribution in [0.15, 0.2) is 42.6 Å². The average molecular weight is 368 g/mol. The molecule has 0 aliphatic rings. The lowest BCUT2D eigenvalue weighted by molar-refractivity contribution is -0.142. The highest BCUT2D eigenvalue weighted by Gasteiger charge is 2.17. The van der Waals surface area contributed by atoms with Crippen molar-refractivity contribution in [3.8, 4) is 11.3 Å². The molecule has 0 saturated carbocycles. The van der Waals surface area contributed by atoms with E-state index in [-0.39, 0.29) is 19.1 Å². The molecular weight excluding hydrogens is 348 g/mol. The summed E-state index contributed by atoms with van der Waals surface area (Å²) in [5.74, 6) is -1.33. The van der Waals surface area contributed by atoms with Gasteiger partial charge in [-0.2, -0.15) is 5.10 Å². The number of carbonyl (C=O) groups is 2. The van der Waals surface area contributed by atoms with Crippen LogP contribution in [0.25, 0.3) is 22.3 Å². The Bertz CT molecular complexity index is 953. The van der Waals surface area contributed by atoms with Gasteiger partial charge < -0.3 is 15.2 Å². The van der Waals surface area contributed by atoms with E-state index in [9.17, 15) is 9.59 Å². The SMILES string of the molecule is CCn1ncc2c(C(=O)NCCOCC(=O)O)cc(-c3ccccc3)nc21. The number of rotatable bonds is 8. The zero-order valence-corrected chi connectivity index (χ0v) is 14.9. The third kappa shape index (κ3) is 4.29. The van der Waals surface area contributed by atoms with E-state index in [1.807, 2.05) is 37.3 Å². The maximum absolute atomic E-state index is 12.7. The number of aliphatic carboxylic acids is 1. The topological polar surface area (TPSA) is 106 Å². The number of aryl methyl sites for hydroxylation is 1. The Morgan fingerprint density at radius 3 is 2.74 bits per heavy atom. The van der Waals surface area contributed by atoms with Gasteiger partial charge in [0.15, 0.2) is 5.65 Å². The number of hydrogen-bond donors (Lipinski definition) is 2. The van der Waals surface area contributed by atoms with Gasteiger partial charge in [-0.1, -0.05) is 30.3 Å². The van der Waals surface area contributed by atoms with Crippen LogP contribution in [0.2, 0.25) is 0 Å². The van der Waals surface area contributed by atoms with Crippen molar-refractivity contribution < 1.29 is 19.4 Å². The van der Waals surface area contributed by atoms with Crippen molar-refractivity contribution in [2.45, 2.75) is 13.5 Å². The molecular formula is C19H20N4O4. The van der Waals surface area contributed by atoms with Gasteiger partial charge in [-0.05, 0) is 13.0 Å². The predicted octanol–water partition coefficient (Wildman–Crippen LogP) is 1.95. The molecule has 27 heavy (non-hydrogen) atoms. The van der Waals surface area contributed by atoms with Crippen LogP contribution < -0.4 is 5.32 Å². The van der Waals surface area contributed by atoms with Crippen molar-refractivity contribution >= 4 is 22.9 Å². The number of aromatic nitrogens is 3. The quantitative estimate of drug-likeness (QED) is 0.589. The summed E-state index contributed by atoms with van der Waals surface area (Å²) >= 11 is 0. The maximum atomic E-state index is 12.7. The van der Waals surface area contributed by atoms with Crippen LogP contribution in [0, 0.1) is 0 Å². The summed E-state index contributed by atoms with van der Waals surface area (Å²) in [6.45, 7) is 2.53. The molecule has 140 valence electrons. The molecule has 0 radical (unpaired) electrons. The van der Waals surface area contributed by atoms with Gasteiger partial charge in [0.2, 0.25) is 0 Å². The number of hydrogen-bond acceptors (Lipinski definition) is 5. The fraction of sp³-hybridized carbons (Fsp3) is 0.263. The molecule has 3 rings (SSSR count). The number of amides is 1. The molecule has 8 heteroatoms. The van der Waals surface area contributed by atoms with Crippen LogP contribution in [-0.4, -0.2) is 51.5 Å². The molecule has 0 spiro atoms. The van der Waals surface area contributed by atoms with E-state index in [0.29, 0.717) is 28.8 Å². The summed E-state index contributed by atoms with van der Waals surface area (Å²) in [5.41, 5.74) is 2.70. The van der Waals surface area contributed by atoms with Crippen molar-refractivity contribution in [2.24, 2.45) is 0 Å². The van der Waals surface area contributed by atoms with Gasteiger partial charge >= 0.3 is 5.97 Å². The summed E-state index contributed by atoms with van der Waals surface area (Å²) in [6, 6.07) is 11.4. The molecule has 0 bridgehead atoms. The number of carboxylic acid groups (broad SMARTS) is 1. The Morgan fingerprint density at radius 2 is 2.04 bits per heavy atom. The summed E-state index contributed by atoms with van der Waals surface area (Å²) in [7, 11) is 0. The monoisotopic (exact) mass is 368 g/mol. The molecule has 0 aliphatic heterocycles. The summed E-state index contributed by atoms with van der Waals surface area (Å²) in [4.78, 5) is 27.8. The molecule has 1 amide bonds. The molecule has 0 atom stereocenters. The minimum Gasteiger partial charge on any atom is -0.480 e. The lowest BCUT2D eigenvalue weighted by Gasteiger charge is -2.09. The molecule has 2 heterocycles. The highest BCUT2D eigenvalue weighted by Crippen LogP contribution is 2.24. The van der Waals surface area contributed by atoms with Crippen molar-refractivity contribution in [2.75, 3.05) is 19.8 Å². The fourth-order valence-corrected chi connectivity index (χ4v) is 2.72. The molecule has 2 N–H and O–H groups in total. The molecule has 1 aromatic carbocycles. The second-order valence-corrected chi connectivity index (χ2v) is 5.82. The van der Waals surface area contributed by atoms with Gasteiger partial charge in [-0.3, -0.25) is 4.79 Å². The Labute approximate surface area is 155 Å². The van der Waals surface area contributed by atoms with E-state index in [2.05, 4.69) is 15.4 Å². The first-order valence-corrected chi connectivity index (χ1v) is 8.60. The number of benzene rings is 1. The van der Waals surface area contributed by atoms with E-state index < -0.39 is 12.6 Å². The minimum absolute atomic E-state index is 0.117. The number of carbonyl (C=O) groups excluding carboxylic acids is 1. The molecule has 3 aromatic rings. The van der Waals surface area contributed by atoms with Crippen molar-refractivity contribution in [3.05, 3.63) is 48.2 Å². The summed E-state index contributed by atoms with van der Waals surface area (Å²) in [6.07, 6.45) is 1.64. The first-order valence-electron chi connectivity index (χ1n) is 8.60. The second-order valence-electron chi connectivity index (χ2n) is 5.82. The van der Waals surface area contributed by atoms with Gasteiger partial charge in [0.25, 0.3) is 5.91 Å². The number of nitrogens with zero attached hydrogens (tertiary/aromatic N) is 3. The van der Waals surface area contributed by atoms with Gasteiger partial charge in [-0.15, -0.1) is 0 Å². The van der Waals surface area contributed by atoms with E-state index in [0.717, 1.165) is 5.56 Å². The van der Waals surface area contributed by atoms with Crippen LogP contribution in [0.1, 0.15) is 17.3 Å². The maximum Gasteiger partial charge on any atom is 0.329 e. The van der Waals surface area contributed by atoms with Gasteiger partial charge in [0.05, 0.1) is 29.4 Å². The molecule has 0 saturated heterocycles. The predicted molar refractivity (Wildman–Crippen MR) is 99.4 cm³/mol. The zero-order valence-electron chi connectivity index (χ0n) is 14.9. The Kier molecular flexibility index (Phi) is 5.77. The fourth-order valence-electron chi connectivity index (χ4n) is 2.72. The van der Waals surface area contributed by atoms with E-state index >= 15 is 0 Å². The normalized spacial score (nSPS) is 10.9. The first kappa shape index (κ1) is 18.5. The Balaban J connectivity index is 1.88. The molecule has 8 nitrogen and oxygen atoms in total. The van der Waals surface area contributed by atoms with E-state index in [1.54, 1.807) is 16.9 Å². The number of pyridine rings is 1. The van der Waals surface area contributed by atoms with E-state index in [4.69, 9.17) is 9.84 Å². The number of carboxylic acids is 1. The average Bonchev–Trinajstić information content (AvgIpc) is 3.10. The third-order valence-electron chi connectivity index (χ3n) is 3.98. The van der Waals surface area contributed by atoms with Gasteiger partial charge in [0.1, 0.15) is 6.61 Å². The number of fused-ring (bicyclic) bond motifs is 1. The van der Waals surface area contributed by atoms with Crippen LogP contribution in [-0.2, 0) is 16.1 Å². The minimum atomic E-state index is -1.04. The highest BCUT2D eigenvalue weighted by molar-refractivity contribution is 6.06. The van der Waals surface area contributed by atoms with Crippen LogP contribution >= 0.6 is 0 Å². The van der Waals surface area contributed by atoms with Gasteiger partial charge in [0, 0.05) is 18.7 Å². The first-order chi connectivity index (χ1) is 13.1. The Hall–Kier alpha value is -3.26. The zero-order chi connectivity index (χ0) is 19.2. The molecule has 0 unspecified atom stereocenters. The highest BCUT2D eigenvalue weighted by atomic mass is 16.5. The molecule has 0 fully saturated rings. The van der Waals surface area contributed by atoms with Crippen molar-refractivity contribution in [1.82, 2.24) is 20.1 Å². The van der Waals surface area contributed by atoms with Crippen molar-refractivity contribution in [3.63, 3.8) is 0 Å². The summed E-state index contributed by atoms with van der Waals surface area (Å²) in [5, 5.41) is 16.3. The number of nitrogens with one attached hydrogen (secondary N) is 1. The largest absolute Gasteiger partial charge is 0.480 e. The van der Waals surface area contributed by atoms with Crippen LogP contribution in [0.5, 0.6) is 0 Å². The van der Waals surface area contributed by atoms with Crippen LogP contribution in [0.4, 0.5) is 0 Å². The summed E-state index contributed by atoms with van der Waals surface area (Å²) < 4.78 is 6.68. The second kappa shape index (κ2) is 8.41. The Morgan fingerprint density at radius 1 is 1.26 bits per heavy atom. The third-order valence-corrected chi connectivity index (χ3v) is 3.98. The standard InChI is InChI=1S/C19H20N4O4/c1-2-23-18-15(11-21-23)14(19(26)20-8-9-27-12-17(24)25)10-16(22-18)13-6-4-3-5-7-13/h3-7,10-11H,2,8-9,12H2,1H3,(H,20,26)(H,24,25). The number of ether oxygens (including phenoxy) is 1. The smallest absolute Gasteiger partial charge is 0.329 e. The molecule has 2 aromatic heterocycles.